The van der Waals surface area contributed by atoms with Gasteiger partial charge in [-0.1, -0.05) is 42.5 Å². The van der Waals surface area contributed by atoms with Crippen LogP contribution < -0.4 is 20.8 Å². The van der Waals surface area contributed by atoms with Crippen molar-refractivity contribution in [2.24, 2.45) is 5.10 Å². The second-order valence-electron chi connectivity index (χ2n) is 8.81. The summed E-state index contributed by atoms with van der Waals surface area (Å²) in [5, 5.41) is 12.5. The van der Waals surface area contributed by atoms with E-state index in [4.69, 9.17) is 4.74 Å². The topological polar surface area (TPSA) is 105 Å². The number of rotatable bonds is 10. The van der Waals surface area contributed by atoms with Crippen LogP contribution >= 0.6 is 27.3 Å². The number of amides is 2. The van der Waals surface area contributed by atoms with Crippen LogP contribution in [0.5, 0.6) is 5.75 Å². The summed E-state index contributed by atoms with van der Waals surface area (Å²) in [6.07, 6.45) is 1.49. The fraction of sp³-hybridized carbons (Fsp3) is 0.0323. The third kappa shape index (κ3) is 7.65. The monoisotopic (exact) mass is 643 g/mol. The van der Waals surface area contributed by atoms with E-state index in [1.807, 2.05) is 47.8 Å². The fourth-order valence-electron chi connectivity index (χ4n) is 3.74. The Bertz CT molecular complexity index is 1730. The van der Waals surface area contributed by atoms with Crippen molar-refractivity contribution < 1.29 is 18.7 Å². The van der Waals surface area contributed by atoms with Gasteiger partial charge in [0.05, 0.1) is 22.1 Å². The Labute approximate surface area is 253 Å². The lowest BCUT2D eigenvalue weighted by Crippen LogP contribution is -2.20. The molecule has 5 aromatic rings. The molecule has 210 valence electrons. The van der Waals surface area contributed by atoms with E-state index < -0.39 is 11.7 Å². The first-order valence-electron chi connectivity index (χ1n) is 12.6. The van der Waals surface area contributed by atoms with Crippen molar-refractivity contribution in [3.8, 4) is 17.0 Å². The van der Waals surface area contributed by atoms with Gasteiger partial charge in [-0.2, -0.15) is 5.10 Å². The number of nitrogens with one attached hydrogen (secondary N) is 3. The number of benzene rings is 4. The molecule has 11 heteroatoms. The van der Waals surface area contributed by atoms with E-state index in [9.17, 15) is 14.0 Å². The zero-order valence-corrected chi connectivity index (χ0v) is 24.3. The number of nitrogens with zero attached hydrogens (tertiary/aromatic N) is 2. The lowest BCUT2D eigenvalue weighted by Gasteiger charge is -2.10. The van der Waals surface area contributed by atoms with Gasteiger partial charge in [0.1, 0.15) is 11.6 Å². The van der Waals surface area contributed by atoms with Crippen molar-refractivity contribution in [1.82, 2.24) is 10.4 Å². The van der Waals surface area contributed by atoms with Crippen LogP contribution in [0.2, 0.25) is 0 Å². The number of aromatic nitrogens is 1. The molecular formula is C31H23BrFN5O3S. The summed E-state index contributed by atoms with van der Waals surface area (Å²) < 4.78 is 19.8. The zero-order valence-electron chi connectivity index (χ0n) is 21.9. The fourth-order valence-corrected chi connectivity index (χ4v) is 4.99. The lowest BCUT2D eigenvalue weighted by molar-refractivity contribution is -0.118. The highest BCUT2D eigenvalue weighted by Crippen LogP contribution is 2.28. The highest BCUT2D eigenvalue weighted by Gasteiger charge is 2.10. The summed E-state index contributed by atoms with van der Waals surface area (Å²) in [6, 6.07) is 27.9. The van der Waals surface area contributed by atoms with E-state index in [0.717, 1.165) is 22.1 Å². The van der Waals surface area contributed by atoms with Crippen LogP contribution in [0.25, 0.3) is 11.3 Å². The molecule has 0 fully saturated rings. The molecule has 0 aliphatic rings. The van der Waals surface area contributed by atoms with Crippen LogP contribution in [-0.2, 0) is 4.79 Å². The molecule has 0 unspecified atom stereocenters. The third-order valence-corrected chi connectivity index (χ3v) is 7.19. The first-order valence-corrected chi connectivity index (χ1v) is 14.3. The number of hydrogen-bond donors (Lipinski definition) is 3. The van der Waals surface area contributed by atoms with Gasteiger partial charge >= 0.3 is 0 Å². The van der Waals surface area contributed by atoms with E-state index in [-0.39, 0.29) is 18.2 Å². The maximum Gasteiger partial charge on any atom is 0.271 e. The predicted octanol–water partition coefficient (Wildman–Crippen LogP) is 7.24. The molecule has 5 rings (SSSR count). The van der Waals surface area contributed by atoms with Gasteiger partial charge in [0.25, 0.3) is 11.8 Å². The van der Waals surface area contributed by atoms with Crippen molar-refractivity contribution in [2.45, 2.75) is 0 Å². The molecule has 0 aliphatic heterocycles. The summed E-state index contributed by atoms with van der Waals surface area (Å²) in [4.78, 5) is 29.3. The molecule has 0 radical (unpaired) electrons. The minimum atomic E-state index is -0.526. The minimum Gasteiger partial charge on any atom is -0.483 e. The van der Waals surface area contributed by atoms with Crippen LogP contribution in [0.15, 0.2) is 112 Å². The van der Waals surface area contributed by atoms with E-state index >= 15 is 0 Å². The average Bonchev–Trinajstić information content (AvgIpc) is 3.47. The van der Waals surface area contributed by atoms with E-state index in [0.29, 0.717) is 21.3 Å². The van der Waals surface area contributed by atoms with Crippen LogP contribution in [0.4, 0.5) is 20.9 Å². The quantitative estimate of drug-likeness (QED) is 0.110. The van der Waals surface area contributed by atoms with E-state index in [1.165, 1.54) is 35.8 Å². The SMILES string of the molecule is O=C(COc1ccc(/C=N/NC(=O)c2ccc(-c3csc(Nc4ccccc4)n3)cc2)cc1Br)Nc1ccccc1F. The molecule has 8 nitrogen and oxygen atoms in total. The van der Waals surface area contributed by atoms with Crippen LogP contribution in [0.3, 0.4) is 0 Å². The Balaban J connectivity index is 1.11. The number of carbonyl (C=O) groups excluding carboxylic acids is 2. The number of ether oxygens (including phenoxy) is 1. The summed E-state index contributed by atoms with van der Waals surface area (Å²) in [5.41, 5.74) is 6.40. The number of carbonyl (C=O) groups is 2. The Morgan fingerprint density at radius 1 is 0.976 bits per heavy atom. The second kappa shape index (κ2) is 13.7. The number of hydrazone groups is 1. The molecule has 1 heterocycles. The molecular weight excluding hydrogens is 621 g/mol. The first-order chi connectivity index (χ1) is 20.4. The molecule has 0 spiro atoms. The summed E-state index contributed by atoms with van der Waals surface area (Å²) in [5.74, 6) is -0.961. The molecule has 3 N–H and O–H groups in total. The Morgan fingerprint density at radius 2 is 1.74 bits per heavy atom. The van der Waals surface area contributed by atoms with Crippen molar-refractivity contribution in [2.75, 3.05) is 17.2 Å². The number of halogens is 2. The first kappa shape index (κ1) is 28.7. The van der Waals surface area contributed by atoms with Gasteiger partial charge in [0.15, 0.2) is 11.7 Å². The van der Waals surface area contributed by atoms with Gasteiger partial charge in [-0.3, -0.25) is 9.59 Å². The number of hydrogen-bond acceptors (Lipinski definition) is 7. The maximum atomic E-state index is 13.7. The van der Waals surface area contributed by atoms with Crippen molar-refractivity contribution >= 4 is 61.8 Å². The molecule has 4 aromatic carbocycles. The molecule has 0 saturated heterocycles. The summed E-state index contributed by atoms with van der Waals surface area (Å²) in [7, 11) is 0. The highest BCUT2D eigenvalue weighted by molar-refractivity contribution is 9.10. The Morgan fingerprint density at radius 3 is 2.50 bits per heavy atom. The van der Waals surface area contributed by atoms with Gasteiger partial charge in [0.2, 0.25) is 0 Å². The van der Waals surface area contributed by atoms with Gasteiger partial charge in [0, 0.05) is 22.2 Å². The minimum absolute atomic E-state index is 0.0832. The van der Waals surface area contributed by atoms with Gasteiger partial charge in [-0.15, -0.1) is 11.3 Å². The Kier molecular flexibility index (Phi) is 9.32. The molecule has 0 saturated carbocycles. The lowest BCUT2D eigenvalue weighted by atomic mass is 10.1. The third-order valence-electron chi connectivity index (χ3n) is 5.81. The molecule has 1 aromatic heterocycles. The van der Waals surface area contributed by atoms with Gasteiger partial charge in [-0.05, 0) is 76.1 Å². The number of para-hydroxylation sites is 2. The largest absolute Gasteiger partial charge is 0.483 e. The molecule has 2 amide bonds. The molecule has 42 heavy (non-hydrogen) atoms. The summed E-state index contributed by atoms with van der Waals surface area (Å²) >= 11 is 4.91. The highest BCUT2D eigenvalue weighted by atomic mass is 79.9. The van der Waals surface area contributed by atoms with E-state index in [2.05, 4.69) is 42.1 Å². The Hall–Kier alpha value is -4.87. The predicted molar refractivity (Wildman–Crippen MR) is 167 cm³/mol. The van der Waals surface area contributed by atoms with Crippen LogP contribution in [-0.4, -0.2) is 29.6 Å². The van der Waals surface area contributed by atoms with Crippen LogP contribution in [0, 0.1) is 5.82 Å². The van der Waals surface area contributed by atoms with Crippen molar-refractivity contribution in [3.63, 3.8) is 0 Å². The van der Waals surface area contributed by atoms with Gasteiger partial charge < -0.3 is 15.4 Å². The van der Waals surface area contributed by atoms with Crippen LogP contribution in [0.1, 0.15) is 15.9 Å². The van der Waals surface area contributed by atoms with Crippen molar-refractivity contribution in [3.05, 3.63) is 124 Å². The maximum absolute atomic E-state index is 13.7. The second-order valence-corrected chi connectivity index (χ2v) is 10.5. The number of anilines is 3. The van der Waals surface area contributed by atoms with E-state index in [1.54, 1.807) is 36.4 Å². The zero-order chi connectivity index (χ0) is 29.3. The summed E-state index contributed by atoms with van der Waals surface area (Å²) in [6.45, 7) is -0.302. The molecule has 0 atom stereocenters. The normalized spacial score (nSPS) is 10.8. The van der Waals surface area contributed by atoms with Crippen molar-refractivity contribution in [1.29, 1.82) is 0 Å². The van der Waals surface area contributed by atoms with Gasteiger partial charge in [-0.25, -0.2) is 14.8 Å². The average molecular weight is 645 g/mol. The standard InChI is InChI=1S/C31H23BrFN5O3S/c32-24-16-20(10-15-28(24)41-18-29(39)36-26-9-5-4-8-25(26)33)17-34-38-30(40)22-13-11-21(12-14-22)27-19-42-31(37-27)35-23-6-2-1-3-7-23/h1-17,19H,18H2,(H,35,37)(H,36,39)(H,38,40)/b34-17+. The number of thiazole rings is 1. The smallest absolute Gasteiger partial charge is 0.271 e. The molecule has 0 aliphatic carbocycles. The molecule has 0 bridgehead atoms.